The van der Waals surface area contributed by atoms with E-state index < -0.39 is 5.97 Å². The van der Waals surface area contributed by atoms with E-state index in [0.29, 0.717) is 25.4 Å². The number of amides is 1. The fourth-order valence-electron chi connectivity index (χ4n) is 2.92. The van der Waals surface area contributed by atoms with Gasteiger partial charge in [-0.15, -0.1) is 0 Å². The van der Waals surface area contributed by atoms with Crippen molar-refractivity contribution in [2.45, 2.75) is 25.8 Å². The number of likely N-dealkylation sites (tertiary alicyclic amines) is 1. The van der Waals surface area contributed by atoms with Crippen LogP contribution in [0.4, 0.5) is 4.39 Å². The van der Waals surface area contributed by atoms with Crippen molar-refractivity contribution >= 4 is 11.9 Å². The van der Waals surface area contributed by atoms with Crippen LogP contribution in [-0.2, 0) is 9.59 Å². The van der Waals surface area contributed by atoms with Crippen molar-refractivity contribution in [3.8, 4) is 5.75 Å². The Balaban J connectivity index is 1.77. The predicted octanol–water partition coefficient (Wildman–Crippen LogP) is 1.60. The zero-order chi connectivity index (χ0) is 17.5. The third kappa shape index (κ3) is 5.19. The Morgan fingerprint density at radius 2 is 1.92 bits per heavy atom. The Labute approximate surface area is 140 Å². The lowest BCUT2D eigenvalue weighted by Crippen LogP contribution is -2.49. The first-order valence-electron chi connectivity index (χ1n) is 8.11. The molecular formula is C17H23FN2O4. The quantitative estimate of drug-likeness (QED) is 0.818. The van der Waals surface area contributed by atoms with Gasteiger partial charge in [-0.3, -0.25) is 14.5 Å². The average Bonchev–Trinajstić information content (AvgIpc) is 2.59. The fraction of sp³-hybridized carbons (Fsp3) is 0.529. The van der Waals surface area contributed by atoms with E-state index >= 15 is 0 Å². The summed E-state index contributed by atoms with van der Waals surface area (Å²) in [6, 6.07) is 5.73. The molecule has 6 nitrogen and oxygen atoms in total. The van der Waals surface area contributed by atoms with Gasteiger partial charge in [0.2, 0.25) is 0 Å². The van der Waals surface area contributed by atoms with Gasteiger partial charge in [-0.05, 0) is 43.7 Å². The molecule has 1 aromatic rings. The molecule has 0 aromatic heterocycles. The van der Waals surface area contributed by atoms with Gasteiger partial charge in [0.05, 0.1) is 6.54 Å². The van der Waals surface area contributed by atoms with Gasteiger partial charge in [-0.25, -0.2) is 4.39 Å². The zero-order valence-electron chi connectivity index (χ0n) is 13.8. The van der Waals surface area contributed by atoms with E-state index in [1.165, 1.54) is 24.3 Å². The van der Waals surface area contributed by atoms with E-state index in [9.17, 15) is 14.0 Å². The molecule has 1 saturated heterocycles. The molecule has 7 heteroatoms. The molecule has 0 radical (unpaired) electrons. The van der Waals surface area contributed by atoms with Crippen molar-refractivity contribution in [1.29, 1.82) is 0 Å². The highest BCUT2D eigenvalue weighted by Crippen LogP contribution is 2.17. The molecule has 0 aliphatic carbocycles. The van der Waals surface area contributed by atoms with Gasteiger partial charge in [0.25, 0.3) is 5.91 Å². The monoisotopic (exact) mass is 338 g/mol. The molecule has 1 amide bonds. The number of hydrogen-bond acceptors (Lipinski definition) is 4. The molecular weight excluding hydrogens is 315 g/mol. The Kier molecular flexibility index (Phi) is 6.54. The molecule has 1 N–H and O–H groups in total. The third-order valence-electron chi connectivity index (χ3n) is 4.25. The number of carboxylic acid groups (broad SMARTS) is 1. The number of carbonyl (C=O) groups is 2. The van der Waals surface area contributed by atoms with E-state index in [2.05, 4.69) is 0 Å². The fourth-order valence-corrected chi connectivity index (χ4v) is 2.92. The van der Waals surface area contributed by atoms with Crippen molar-refractivity contribution in [1.82, 2.24) is 9.80 Å². The van der Waals surface area contributed by atoms with Crippen LogP contribution in [0.3, 0.4) is 0 Å². The van der Waals surface area contributed by atoms with Gasteiger partial charge in [-0.2, -0.15) is 0 Å². The number of nitrogens with zero attached hydrogens (tertiary/aromatic N) is 2. The zero-order valence-corrected chi connectivity index (χ0v) is 13.8. The van der Waals surface area contributed by atoms with Crippen molar-refractivity contribution in [2.75, 3.05) is 32.8 Å². The Hall–Kier alpha value is -2.15. The van der Waals surface area contributed by atoms with Crippen molar-refractivity contribution < 1.29 is 23.8 Å². The third-order valence-corrected chi connectivity index (χ3v) is 4.25. The molecule has 0 atom stereocenters. The summed E-state index contributed by atoms with van der Waals surface area (Å²) in [6.45, 7) is 3.75. The second-order valence-corrected chi connectivity index (χ2v) is 5.81. The summed E-state index contributed by atoms with van der Waals surface area (Å²) in [5, 5.41) is 8.94. The minimum Gasteiger partial charge on any atom is -0.484 e. The van der Waals surface area contributed by atoms with E-state index in [-0.39, 0.29) is 30.9 Å². The second-order valence-electron chi connectivity index (χ2n) is 5.81. The highest BCUT2D eigenvalue weighted by atomic mass is 19.1. The van der Waals surface area contributed by atoms with Crippen LogP contribution >= 0.6 is 0 Å². The summed E-state index contributed by atoms with van der Waals surface area (Å²) in [4.78, 5) is 26.7. The second kappa shape index (κ2) is 8.63. The van der Waals surface area contributed by atoms with E-state index in [4.69, 9.17) is 9.84 Å². The highest BCUT2D eigenvalue weighted by molar-refractivity contribution is 5.77. The molecule has 2 rings (SSSR count). The Morgan fingerprint density at radius 3 is 2.46 bits per heavy atom. The summed E-state index contributed by atoms with van der Waals surface area (Å²) in [5.74, 6) is -0.835. The number of halogens is 1. The van der Waals surface area contributed by atoms with Gasteiger partial charge in [0.1, 0.15) is 11.6 Å². The van der Waals surface area contributed by atoms with Crippen LogP contribution in [-0.4, -0.2) is 65.6 Å². The minimum absolute atomic E-state index is 0.0305. The van der Waals surface area contributed by atoms with Crippen LogP contribution in [0.25, 0.3) is 0 Å². The summed E-state index contributed by atoms with van der Waals surface area (Å²) in [7, 11) is 0. The number of hydrogen-bond donors (Lipinski definition) is 1. The first-order chi connectivity index (χ1) is 11.5. The van der Waals surface area contributed by atoms with Gasteiger partial charge in [-0.1, -0.05) is 6.92 Å². The van der Waals surface area contributed by atoms with Gasteiger partial charge in [0.15, 0.2) is 6.61 Å². The largest absolute Gasteiger partial charge is 0.484 e. The van der Waals surface area contributed by atoms with Crippen molar-refractivity contribution in [3.05, 3.63) is 30.1 Å². The van der Waals surface area contributed by atoms with E-state index in [0.717, 1.165) is 12.8 Å². The molecule has 24 heavy (non-hydrogen) atoms. The first-order valence-corrected chi connectivity index (χ1v) is 8.11. The molecule has 0 spiro atoms. The number of likely N-dealkylation sites (N-methyl/N-ethyl adjacent to an activating group) is 1. The summed E-state index contributed by atoms with van der Waals surface area (Å²) >= 11 is 0. The maximum atomic E-state index is 12.8. The topological polar surface area (TPSA) is 70.1 Å². The molecule has 132 valence electrons. The molecule has 0 bridgehead atoms. The average molecular weight is 338 g/mol. The lowest BCUT2D eigenvalue weighted by molar-refractivity contribution is -0.140. The highest BCUT2D eigenvalue weighted by Gasteiger charge is 2.27. The van der Waals surface area contributed by atoms with Crippen LogP contribution in [0.2, 0.25) is 0 Å². The maximum absolute atomic E-state index is 12.8. The molecule has 0 saturated carbocycles. The predicted molar refractivity (Wildman–Crippen MR) is 86.4 cm³/mol. The molecule has 1 aliphatic heterocycles. The van der Waals surface area contributed by atoms with Crippen LogP contribution < -0.4 is 4.74 Å². The molecule has 1 fully saturated rings. The van der Waals surface area contributed by atoms with Gasteiger partial charge >= 0.3 is 5.97 Å². The molecule has 1 aliphatic rings. The van der Waals surface area contributed by atoms with Gasteiger partial charge < -0.3 is 14.7 Å². The lowest BCUT2D eigenvalue weighted by atomic mass is 10.0. The number of carboxylic acids is 1. The number of piperidine rings is 1. The first kappa shape index (κ1) is 18.2. The van der Waals surface area contributed by atoms with Crippen LogP contribution in [0.5, 0.6) is 5.75 Å². The Morgan fingerprint density at radius 1 is 1.29 bits per heavy atom. The van der Waals surface area contributed by atoms with E-state index in [1.807, 2.05) is 11.8 Å². The summed E-state index contributed by atoms with van der Waals surface area (Å²) < 4.78 is 18.2. The lowest BCUT2D eigenvalue weighted by Gasteiger charge is -2.37. The maximum Gasteiger partial charge on any atom is 0.317 e. The SMILES string of the molecule is CCN(CC(=O)O)C1CCN(C(=O)COc2ccc(F)cc2)CC1. The normalized spacial score (nSPS) is 15.5. The number of aliphatic carboxylic acids is 1. The summed E-state index contributed by atoms with van der Waals surface area (Å²) in [6.07, 6.45) is 1.51. The number of rotatable bonds is 7. The van der Waals surface area contributed by atoms with Crippen LogP contribution in [0.1, 0.15) is 19.8 Å². The molecule has 1 heterocycles. The number of carbonyl (C=O) groups excluding carboxylic acids is 1. The number of ether oxygens (including phenoxy) is 1. The van der Waals surface area contributed by atoms with Crippen molar-refractivity contribution in [2.24, 2.45) is 0 Å². The van der Waals surface area contributed by atoms with Crippen LogP contribution in [0.15, 0.2) is 24.3 Å². The van der Waals surface area contributed by atoms with E-state index in [1.54, 1.807) is 4.90 Å². The summed E-state index contributed by atoms with van der Waals surface area (Å²) in [5.41, 5.74) is 0. The standard InChI is InChI=1S/C17H23FN2O4/c1-2-19(11-17(22)23)14-7-9-20(10-8-14)16(21)12-24-15-5-3-13(18)4-6-15/h3-6,14H,2,7-12H2,1H3,(H,22,23). The smallest absolute Gasteiger partial charge is 0.317 e. The van der Waals surface area contributed by atoms with Gasteiger partial charge in [0, 0.05) is 19.1 Å². The molecule has 0 unspecified atom stereocenters. The number of benzene rings is 1. The van der Waals surface area contributed by atoms with Crippen LogP contribution in [0, 0.1) is 5.82 Å². The Bertz CT molecular complexity index is 556. The van der Waals surface area contributed by atoms with Crippen molar-refractivity contribution in [3.63, 3.8) is 0 Å². The minimum atomic E-state index is -0.831. The molecule has 1 aromatic carbocycles.